The van der Waals surface area contributed by atoms with Crippen LogP contribution in [0.4, 0.5) is 0 Å². The number of carboxylic acids is 1. The maximum atomic E-state index is 11.8. The number of aromatic carboxylic acids is 1. The fourth-order valence-corrected chi connectivity index (χ4v) is 4.24. The number of rotatable bonds is 2. The first-order valence-corrected chi connectivity index (χ1v) is 8.32. The van der Waals surface area contributed by atoms with E-state index in [2.05, 4.69) is 0 Å². The Hall–Kier alpha value is -1.89. The molecule has 0 amide bonds. The highest BCUT2D eigenvalue weighted by Gasteiger charge is 2.38. The Balaban J connectivity index is 1.85. The molecule has 2 aromatic carbocycles. The van der Waals surface area contributed by atoms with Crippen LogP contribution in [0.1, 0.15) is 67.6 Å². The van der Waals surface area contributed by atoms with Crippen molar-refractivity contribution in [2.75, 3.05) is 0 Å². The zero-order valence-corrected chi connectivity index (χ0v) is 14.2. The maximum absolute atomic E-state index is 11.8. The minimum Gasteiger partial charge on any atom is -0.478 e. The molecule has 0 aliphatic heterocycles. The van der Waals surface area contributed by atoms with Crippen LogP contribution in [0.3, 0.4) is 0 Å². The van der Waals surface area contributed by atoms with Crippen molar-refractivity contribution in [2.24, 2.45) is 0 Å². The molecule has 2 atom stereocenters. The normalized spacial score (nSPS) is 20.6. The van der Waals surface area contributed by atoms with E-state index in [1.807, 2.05) is 24.3 Å². The second-order valence-corrected chi connectivity index (χ2v) is 6.48. The molecular weight excluding hydrogens is 407 g/mol. The Morgan fingerprint density at radius 2 is 1.43 bits per heavy atom. The third-order valence-electron chi connectivity index (χ3n) is 4.97. The van der Waals surface area contributed by atoms with Gasteiger partial charge in [-0.15, -0.1) is 0 Å². The highest BCUT2D eigenvalue weighted by molar-refractivity contribution is 14.1. The molecule has 5 heteroatoms. The zero-order valence-electron chi connectivity index (χ0n) is 12.1. The van der Waals surface area contributed by atoms with E-state index in [1.54, 1.807) is 35.1 Å². The molecule has 0 aromatic heterocycles. The third kappa shape index (κ3) is 2.17. The van der Waals surface area contributed by atoms with E-state index in [0.717, 1.165) is 18.4 Å². The Labute approximate surface area is 147 Å². The van der Waals surface area contributed by atoms with Crippen molar-refractivity contribution < 1.29 is 17.8 Å². The van der Waals surface area contributed by atoms with Gasteiger partial charge in [0.1, 0.15) is 0 Å². The van der Waals surface area contributed by atoms with Gasteiger partial charge in [0.05, 0.1) is 11.1 Å². The molecule has 2 aromatic rings. The van der Waals surface area contributed by atoms with Crippen LogP contribution in [-0.4, -0.2) is 17.0 Å². The summed E-state index contributed by atoms with van der Waals surface area (Å²) in [5, 5.41) is 9.22. The molecule has 0 spiro atoms. The van der Waals surface area contributed by atoms with Crippen molar-refractivity contribution in [2.45, 2.75) is 24.7 Å². The number of halogens is 1. The molecule has 3 aliphatic rings. The van der Waals surface area contributed by atoms with Gasteiger partial charge in [0, 0.05) is 11.8 Å². The first kappa shape index (κ1) is 14.7. The molecule has 2 bridgehead atoms. The average molecular weight is 420 g/mol. The standard InChI is InChI=1S/C18H13IO4/c19-23-18(22)10-2-4-12-13-5-6-14(16(12)8-10)11-3-1-9(17(20)21)7-15(11)13/h1-4,7-8,13-14H,5-6H2,(H,20,21). The first-order valence-electron chi connectivity index (χ1n) is 7.44. The number of carbonyl (C=O) groups is 2. The van der Waals surface area contributed by atoms with E-state index < -0.39 is 5.97 Å². The number of carbonyl (C=O) groups excluding carboxylic acids is 1. The van der Waals surface area contributed by atoms with Gasteiger partial charge in [-0.1, -0.05) is 12.1 Å². The summed E-state index contributed by atoms with van der Waals surface area (Å²) in [4.78, 5) is 23.0. The van der Waals surface area contributed by atoms with Gasteiger partial charge in [-0.2, -0.15) is 0 Å². The number of carboxylic acid groups (broad SMARTS) is 1. The van der Waals surface area contributed by atoms with Crippen LogP contribution >= 0.6 is 23.0 Å². The molecule has 5 rings (SSSR count). The molecule has 2 unspecified atom stereocenters. The smallest absolute Gasteiger partial charge is 0.347 e. The molecular formula is C18H13IO4. The predicted octanol–water partition coefficient (Wildman–Crippen LogP) is 4.26. The van der Waals surface area contributed by atoms with E-state index >= 15 is 0 Å². The van der Waals surface area contributed by atoms with E-state index in [-0.39, 0.29) is 17.8 Å². The van der Waals surface area contributed by atoms with Crippen LogP contribution in [0.25, 0.3) is 0 Å². The highest BCUT2D eigenvalue weighted by atomic mass is 127. The first-order chi connectivity index (χ1) is 11.1. The van der Waals surface area contributed by atoms with Gasteiger partial charge in [-0.3, -0.25) is 0 Å². The van der Waals surface area contributed by atoms with Crippen LogP contribution in [0.15, 0.2) is 36.4 Å². The molecule has 0 saturated carbocycles. The molecule has 0 fully saturated rings. The molecule has 0 heterocycles. The van der Waals surface area contributed by atoms with Crippen molar-refractivity contribution in [3.05, 3.63) is 69.8 Å². The fourth-order valence-electron chi connectivity index (χ4n) is 3.98. The van der Waals surface area contributed by atoms with Crippen LogP contribution < -0.4 is 0 Å². The van der Waals surface area contributed by atoms with E-state index in [0.29, 0.717) is 11.1 Å². The Morgan fingerprint density at radius 3 is 1.96 bits per heavy atom. The predicted molar refractivity (Wildman–Crippen MR) is 92.2 cm³/mol. The molecule has 0 radical (unpaired) electrons. The zero-order chi connectivity index (χ0) is 16.1. The van der Waals surface area contributed by atoms with Gasteiger partial charge in [-0.05, 0) is 59.4 Å². The Bertz CT molecular complexity index is 843. The quantitative estimate of drug-likeness (QED) is 0.738. The topological polar surface area (TPSA) is 63.6 Å². The summed E-state index contributed by atoms with van der Waals surface area (Å²) in [7, 11) is 0. The Morgan fingerprint density at radius 1 is 0.913 bits per heavy atom. The van der Waals surface area contributed by atoms with E-state index in [1.165, 1.54) is 16.7 Å². The van der Waals surface area contributed by atoms with Gasteiger partial charge in [0.15, 0.2) is 23.0 Å². The second kappa shape index (κ2) is 5.33. The number of hydrogen-bond acceptors (Lipinski definition) is 3. The molecule has 1 N–H and O–H groups in total. The third-order valence-corrected chi connectivity index (χ3v) is 5.37. The van der Waals surface area contributed by atoms with Crippen molar-refractivity contribution >= 4 is 34.9 Å². The summed E-state index contributed by atoms with van der Waals surface area (Å²) in [6, 6.07) is 11.1. The van der Waals surface area contributed by atoms with Crippen LogP contribution in [0.5, 0.6) is 0 Å². The average Bonchev–Trinajstić information content (AvgIpc) is 2.60. The summed E-state index contributed by atoms with van der Waals surface area (Å²) in [5.74, 6) is -0.783. The van der Waals surface area contributed by atoms with Crippen LogP contribution in [-0.2, 0) is 3.07 Å². The SMILES string of the molecule is O=C(O)c1ccc2c(c1)C1CCC2c2cc(C(=O)OI)ccc21. The van der Waals surface area contributed by atoms with Crippen molar-refractivity contribution in [3.63, 3.8) is 0 Å². The van der Waals surface area contributed by atoms with E-state index in [9.17, 15) is 14.7 Å². The number of benzene rings is 2. The molecule has 0 saturated heterocycles. The van der Waals surface area contributed by atoms with Crippen LogP contribution in [0.2, 0.25) is 0 Å². The fraction of sp³-hybridized carbons (Fsp3) is 0.222. The summed E-state index contributed by atoms with van der Waals surface area (Å²) in [6.45, 7) is 0. The minimum absolute atomic E-state index is 0.217. The number of hydrogen-bond donors (Lipinski definition) is 1. The second-order valence-electron chi connectivity index (χ2n) is 6.04. The molecule has 23 heavy (non-hydrogen) atoms. The van der Waals surface area contributed by atoms with Crippen molar-refractivity contribution in [1.82, 2.24) is 0 Å². The molecule has 116 valence electrons. The Kier molecular flexibility index (Phi) is 3.41. The lowest BCUT2D eigenvalue weighted by molar-refractivity contribution is 0.0695. The van der Waals surface area contributed by atoms with E-state index in [4.69, 9.17) is 3.07 Å². The number of fused-ring (bicyclic) bond motifs is 1. The van der Waals surface area contributed by atoms with Gasteiger partial charge >= 0.3 is 11.9 Å². The van der Waals surface area contributed by atoms with Gasteiger partial charge < -0.3 is 8.17 Å². The van der Waals surface area contributed by atoms with Gasteiger partial charge in [0.25, 0.3) is 0 Å². The monoisotopic (exact) mass is 420 g/mol. The van der Waals surface area contributed by atoms with Crippen LogP contribution in [0, 0.1) is 0 Å². The molecule has 3 aliphatic carbocycles. The highest BCUT2D eigenvalue weighted by Crippen LogP contribution is 2.53. The summed E-state index contributed by atoms with van der Waals surface area (Å²) >= 11 is 1.60. The molecule has 4 nitrogen and oxygen atoms in total. The summed E-state index contributed by atoms with van der Waals surface area (Å²) in [5.41, 5.74) is 5.60. The maximum Gasteiger partial charge on any atom is 0.347 e. The lowest BCUT2D eigenvalue weighted by atomic mass is 9.63. The van der Waals surface area contributed by atoms with Gasteiger partial charge in [-0.25, -0.2) is 9.59 Å². The summed E-state index contributed by atoms with van der Waals surface area (Å²) < 4.78 is 4.78. The van der Waals surface area contributed by atoms with Crippen molar-refractivity contribution in [1.29, 1.82) is 0 Å². The largest absolute Gasteiger partial charge is 0.478 e. The van der Waals surface area contributed by atoms with Gasteiger partial charge in [0.2, 0.25) is 0 Å². The lowest BCUT2D eigenvalue weighted by Gasteiger charge is -2.40. The minimum atomic E-state index is -0.894. The lowest BCUT2D eigenvalue weighted by Crippen LogP contribution is -2.25. The van der Waals surface area contributed by atoms with Crippen molar-refractivity contribution in [3.8, 4) is 0 Å². The summed E-state index contributed by atoms with van der Waals surface area (Å²) in [6.07, 6.45) is 2.05.